The summed E-state index contributed by atoms with van der Waals surface area (Å²) in [5, 5.41) is 10.6. The van der Waals surface area contributed by atoms with Crippen LogP contribution in [0.25, 0.3) is 6.08 Å². The van der Waals surface area contributed by atoms with Crippen LogP contribution in [0.5, 0.6) is 0 Å². The summed E-state index contributed by atoms with van der Waals surface area (Å²) < 4.78 is 11.4. The van der Waals surface area contributed by atoms with Gasteiger partial charge in [0.2, 0.25) is 5.79 Å². The molecule has 0 aromatic heterocycles. The number of hydrogen-bond donors (Lipinski definition) is 0. The number of nitrogens with zero attached hydrogens (tertiary/aromatic N) is 1. The fourth-order valence-electron chi connectivity index (χ4n) is 2.26. The van der Waals surface area contributed by atoms with Crippen molar-refractivity contribution in [1.29, 1.82) is 0 Å². The minimum Gasteiger partial charge on any atom is -0.459 e. The first-order valence-electron chi connectivity index (χ1n) is 6.15. The fourth-order valence-corrected chi connectivity index (χ4v) is 2.26. The lowest BCUT2D eigenvalue weighted by Crippen LogP contribution is -2.24. The van der Waals surface area contributed by atoms with Crippen LogP contribution in [0.3, 0.4) is 0 Å². The zero-order chi connectivity index (χ0) is 13.3. The Morgan fingerprint density at radius 2 is 2.11 bits per heavy atom. The average molecular weight is 259 g/mol. The van der Waals surface area contributed by atoms with Gasteiger partial charge in [-0.15, -0.1) is 0 Å². The summed E-state index contributed by atoms with van der Waals surface area (Å²) in [6, 6.07) is 6.35. The van der Waals surface area contributed by atoms with Gasteiger partial charge in [0.15, 0.2) is 0 Å². The summed E-state index contributed by atoms with van der Waals surface area (Å²) in [5.41, 5.74) is 0.945. The minimum atomic E-state index is -0.577. The molecule has 1 aromatic rings. The third-order valence-corrected chi connectivity index (χ3v) is 3.22. The predicted octanol–water partition coefficient (Wildman–Crippen LogP) is 3.03. The van der Waals surface area contributed by atoms with Crippen molar-refractivity contribution in [2.45, 2.75) is 18.6 Å². The molecule has 0 bridgehead atoms. The highest BCUT2D eigenvalue weighted by Gasteiger charge is 2.38. The number of allylic oxidation sites excluding steroid dienone is 1. The second kappa shape index (κ2) is 4.51. The van der Waals surface area contributed by atoms with Crippen LogP contribution in [0.15, 0.2) is 42.2 Å². The van der Waals surface area contributed by atoms with Crippen molar-refractivity contribution in [3.8, 4) is 0 Å². The molecule has 0 saturated carbocycles. The zero-order valence-electron chi connectivity index (χ0n) is 10.2. The summed E-state index contributed by atoms with van der Waals surface area (Å²) in [5.74, 6) is 0.142. The van der Waals surface area contributed by atoms with E-state index in [0.717, 1.165) is 30.8 Å². The highest BCUT2D eigenvalue weighted by Crippen LogP contribution is 2.36. The summed E-state index contributed by atoms with van der Waals surface area (Å²) in [6.07, 6.45) is 7.51. The number of ether oxygens (including phenoxy) is 2. The molecule has 0 N–H and O–H groups in total. The van der Waals surface area contributed by atoms with Crippen LogP contribution in [0.4, 0.5) is 5.69 Å². The number of benzene rings is 1. The van der Waals surface area contributed by atoms with E-state index in [9.17, 15) is 10.1 Å². The van der Waals surface area contributed by atoms with Crippen LogP contribution in [0.1, 0.15) is 18.4 Å². The molecule has 1 unspecified atom stereocenters. The normalized spacial score (nSPS) is 27.1. The van der Waals surface area contributed by atoms with Gasteiger partial charge in [0, 0.05) is 18.6 Å². The lowest BCUT2D eigenvalue weighted by atomic mass is 10.2. The van der Waals surface area contributed by atoms with Crippen LogP contribution in [-0.2, 0) is 9.47 Å². The van der Waals surface area contributed by atoms with Crippen molar-refractivity contribution in [3.05, 3.63) is 57.9 Å². The van der Waals surface area contributed by atoms with Gasteiger partial charge in [0.25, 0.3) is 5.69 Å². The highest BCUT2D eigenvalue weighted by molar-refractivity contribution is 5.56. The van der Waals surface area contributed by atoms with Crippen molar-refractivity contribution < 1.29 is 14.4 Å². The Bertz CT molecular complexity index is 553. The van der Waals surface area contributed by atoms with Gasteiger partial charge in [-0.2, -0.15) is 0 Å². The van der Waals surface area contributed by atoms with E-state index in [1.807, 2.05) is 18.2 Å². The van der Waals surface area contributed by atoms with Crippen molar-refractivity contribution in [2.24, 2.45) is 0 Å². The maximum Gasteiger partial charge on any atom is 0.269 e. The van der Waals surface area contributed by atoms with E-state index in [4.69, 9.17) is 9.47 Å². The van der Waals surface area contributed by atoms with Crippen LogP contribution in [-0.4, -0.2) is 17.3 Å². The Balaban J connectivity index is 1.76. The molecular formula is C14H13NO4. The molecule has 0 radical (unpaired) electrons. The van der Waals surface area contributed by atoms with E-state index in [-0.39, 0.29) is 5.69 Å². The van der Waals surface area contributed by atoms with Gasteiger partial charge in [-0.3, -0.25) is 10.1 Å². The quantitative estimate of drug-likeness (QED) is 0.605. The molecule has 2 aliphatic heterocycles. The summed E-state index contributed by atoms with van der Waals surface area (Å²) in [7, 11) is 0. The highest BCUT2D eigenvalue weighted by atomic mass is 16.7. The molecule has 1 fully saturated rings. The zero-order valence-corrected chi connectivity index (χ0v) is 10.2. The maximum atomic E-state index is 10.6. The van der Waals surface area contributed by atoms with Crippen LogP contribution < -0.4 is 0 Å². The molecule has 2 aliphatic rings. The maximum absolute atomic E-state index is 10.6. The molecule has 98 valence electrons. The van der Waals surface area contributed by atoms with Gasteiger partial charge in [-0.25, -0.2) is 0 Å². The van der Waals surface area contributed by atoms with Gasteiger partial charge in [0.1, 0.15) is 5.76 Å². The molecule has 0 amide bonds. The van der Waals surface area contributed by atoms with Gasteiger partial charge < -0.3 is 9.47 Å². The standard InChI is InChI=1S/C14H13NO4/c16-15(17)12-4-2-11(3-5-12)10-13-6-8-14(19-13)7-1-9-18-14/h2-6,8,10H,1,7,9H2/b13-10-. The Morgan fingerprint density at radius 3 is 2.74 bits per heavy atom. The lowest BCUT2D eigenvalue weighted by molar-refractivity contribution is -0.384. The Hall–Kier alpha value is -2.14. The summed E-state index contributed by atoms with van der Waals surface area (Å²) >= 11 is 0. The minimum absolute atomic E-state index is 0.0839. The topological polar surface area (TPSA) is 61.6 Å². The smallest absolute Gasteiger partial charge is 0.269 e. The molecule has 1 aromatic carbocycles. The van der Waals surface area contributed by atoms with Crippen LogP contribution >= 0.6 is 0 Å². The Labute approximate surface area is 110 Å². The first-order valence-corrected chi connectivity index (χ1v) is 6.15. The average Bonchev–Trinajstić information content (AvgIpc) is 3.01. The lowest BCUT2D eigenvalue weighted by Gasteiger charge is -2.20. The second-order valence-corrected chi connectivity index (χ2v) is 4.59. The van der Waals surface area contributed by atoms with E-state index >= 15 is 0 Å². The summed E-state index contributed by atoms with van der Waals surface area (Å²) in [4.78, 5) is 10.2. The number of rotatable bonds is 2. The molecule has 5 nitrogen and oxygen atoms in total. The van der Waals surface area contributed by atoms with Crippen molar-refractivity contribution >= 4 is 11.8 Å². The largest absolute Gasteiger partial charge is 0.459 e. The summed E-state index contributed by atoms with van der Waals surface area (Å²) in [6.45, 7) is 0.717. The van der Waals surface area contributed by atoms with Crippen LogP contribution in [0, 0.1) is 10.1 Å². The van der Waals surface area contributed by atoms with E-state index in [2.05, 4.69) is 0 Å². The van der Waals surface area contributed by atoms with Crippen molar-refractivity contribution in [3.63, 3.8) is 0 Å². The van der Waals surface area contributed by atoms with E-state index < -0.39 is 10.7 Å². The number of nitro benzene ring substituents is 1. The molecule has 5 heteroatoms. The third kappa shape index (κ3) is 2.37. The van der Waals surface area contributed by atoms with Gasteiger partial charge in [0.05, 0.1) is 11.5 Å². The van der Waals surface area contributed by atoms with Crippen molar-refractivity contribution in [1.82, 2.24) is 0 Å². The monoisotopic (exact) mass is 259 g/mol. The SMILES string of the molecule is O=[N+]([O-])c1ccc(/C=C2/C=CC3(CCCO3)O2)cc1. The molecule has 0 aliphatic carbocycles. The third-order valence-electron chi connectivity index (χ3n) is 3.22. The molecule has 1 atom stereocenters. The molecule has 1 spiro atoms. The molecule has 19 heavy (non-hydrogen) atoms. The van der Waals surface area contributed by atoms with Gasteiger partial charge >= 0.3 is 0 Å². The Kier molecular flexibility index (Phi) is 2.83. The van der Waals surface area contributed by atoms with E-state index in [0.29, 0.717) is 0 Å². The molecule has 2 heterocycles. The van der Waals surface area contributed by atoms with Gasteiger partial charge in [-0.1, -0.05) is 0 Å². The predicted molar refractivity (Wildman–Crippen MR) is 69.2 cm³/mol. The van der Waals surface area contributed by atoms with E-state index in [1.165, 1.54) is 12.1 Å². The van der Waals surface area contributed by atoms with Gasteiger partial charge in [-0.05, 0) is 42.3 Å². The Morgan fingerprint density at radius 1 is 1.32 bits per heavy atom. The first-order chi connectivity index (χ1) is 9.17. The number of hydrogen-bond acceptors (Lipinski definition) is 4. The molecule has 3 rings (SSSR count). The molecule has 1 saturated heterocycles. The van der Waals surface area contributed by atoms with Crippen LogP contribution in [0.2, 0.25) is 0 Å². The number of nitro groups is 1. The molecular weight excluding hydrogens is 246 g/mol. The first kappa shape index (κ1) is 11.9. The van der Waals surface area contributed by atoms with Crippen molar-refractivity contribution in [2.75, 3.05) is 6.61 Å². The second-order valence-electron chi connectivity index (χ2n) is 4.59. The van der Waals surface area contributed by atoms with E-state index in [1.54, 1.807) is 12.1 Å². The fraction of sp³-hybridized carbons (Fsp3) is 0.286. The number of non-ortho nitro benzene ring substituents is 1.